The van der Waals surface area contributed by atoms with Crippen molar-refractivity contribution >= 4 is 19.5 Å². The number of hydrogen-bond donors (Lipinski definition) is 2. The maximum Gasteiger partial charge on any atom is 0.333 e. The van der Waals surface area contributed by atoms with E-state index >= 15 is 0 Å². The van der Waals surface area contributed by atoms with Crippen LogP contribution in [-0.4, -0.2) is 82.6 Å². The molecule has 2 fully saturated rings. The van der Waals surface area contributed by atoms with Gasteiger partial charge in [0.2, 0.25) is 0 Å². The van der Waals surface area contributed by atoms with E-state index in [1.54, 1.807) is 13.8 Å². The summed E-state index contributed by atoms with van der Waals surface area (Å²) in [6.07, 6.45) is -1.11. The Morgan fingerprint density at radius 1 is 1.35 bits per heavy atom. The van der Waals surface area contributed by atoms with Crippen molar-refractivity contribution in [1.82, 2.24) is 9.80 Å². The van der Waals surface area contributed by atoms with Gasteiger partial charge in [0.15, 0.2) is 0 Å². The number of methoxy groups -OCH3 is 2. The molecule has 1 unspecified atom stereocenters. The largest absolute Gasteiger partial charge is 0.371 e. The van der Waals surface area contributed by atoms with Gasteiger partial charge in [-0.25, -0.2) is 9.69 Å². The first-order chi connectivity index (χ1) is 10.5. The topological polar surface area (TPSA) is 129 Å². The zero-order valence-corrected chi connectivity index (χ0v) is 14.3. The van der Waals surface area contributed by atoms with E-state index < -0.39 is 37.1 Å². The first kappa shape index (κ1) is 18.3. The Bertz CT molecular complexity index is 551. The highest BCUT2D eigenvalue weighted by Gasteiger charge is 2.61. The van der Waals surface area contributed by atoms with E-state index in [9.17, 15) is 23.9 Å². The summed E-state index contributed by atoms with van der Waals surface area (Å²) in [7, 11) is -2.42. The normalized spacial score (nSPS) is 24.5. The fraction of sp³-hybridized carbons (Fsp3) is 0.833. The molecule has 0 aromatic carbocycles. The Hall–Kier alpha value is -1.03. The quantitative estimate of drug-likeness (QED) is 0.273. The lowest BCUT2D eigenvalue weighted by Crippen LogP contribution is -2.58. The van der Waals surface area contributed by atoms with Crippen LogP contribution in [-0.2, 0) is 23.6 Å². The molecule has 2 heterocycles. The molecule has 3 amide bonds. The van der Waals surface area contributed by atoms with Crippen molar-refractivity contribution in [2.45, 2.75) is 31.4 Å². The van der Waals surface area contributed by atoms with E-state index in [1.165, 1.54) is 4.90 Å². The summed E-state index contributed by atoms with van der Waals surface area (Å²) in [6.45, 7) is 3.79. The molecule has 0 aliphatic carbocycles. The number of carbonyl (C=O) groups is 2. The molecule has 2 N–H and O–H groups in total. The van der Waals surface area contributed by atoms with Gasteiger partial charge < -0.3 is 28.9 Å². The summed E-state index contributed by atoms with van der Waals surface area (Å²) >= 11 is 0. The Morgan fingerprint density at radius 3 is 2.26 bits per heavy atom. The average molecular weight is 352 g/mol. The SMILES string of the molecule is COC(CP(=O)(O)O)(OC)N1C(=O)N(CC2CO2)C(C)(C)C1=O. The number of rotatable bonds is 7. The number of imide groups is 1. The van der Waals surface area contributed by atoms with Gasteiger partial charge in [0.1, 0.15) is 11.7 Å². The van der Waals surface area contributed by atoms with Crippen molar-refractivity contribution in [3.8, 4) is 0 Å². The second kappa shape index (κ2) is 5.80. The standard InChI is InChI=1S/C12H21N2O8P/c1-11(2)9(15)14(10(16)13(11)5-8-6-22-8)12(20-3,21-4)7-23(17,18)19/h8H,5-7H2,1-4H3,(H2,17,18,19). The summed E-state index contributed by atoms with van der Waals surface area (Å²) in [4.78, 5) is 45.9. The summed E-state index contributed by atoms with van der Waals surface area (Å²) in [5, 5.41) is 0. The van der Waals surface area contributed by atoms with Gasteiger partial charge in [-0.1, -0.05) is 0 Å². The molecule has 0 aromatic rings. The average Bonchev–Trinajstić information content (AvgIpc) is 3.22. The number of urea groups is 1. The van der Waals surface area contributed by atoms with Crippen LogP contribution >= 0.6 is 7.60 Å². The Balaban J connectivity index is 2.40. The third-order valence-corrected chi connectivity index (χ3v) is 4.81. The van der Waals surface area contributed by atoms with Gasteiger partial charge in [0.05, 0.1) is 19.3 Å². The van der Waals surface area contributed by atoms with E-state index in [1.807, 2.05) is 0 Å². The molecule has 2 aliphatic rings. The van der Waals surface area contributed by atoms with Crippen LogP contribution in [0.4, 0.5) is 4.79 Å². The van der Waals surface area contributed by atoms with Gasteiger partial charge >= 0.3 is 13.6 Å². The minimum Gasteiger partial charge on any atom is -0.371 e. The van der Waals surface area contributed by atoms with E-state index in [0.717, 1.165) is 14.2 Å². The van der Waals surface area contributed by atoms with Crippen LogP contribution in [0.15, 0.2) is 0 Å². The van der Waals surface area contributed by atoms with Crippen LogP contribution in [0, 0.1) is 0 Å². The molecule has 10 nitrogen and oxygen atoms in total. The monoisotopic (exact) mass is 352 g/mol. The summed E-state index contributed by atoms with van der Waals surface area (Å²) < 4.78 is 26.6. The lowest BCUT2D eigenvalue weighted by Gasteiger charge is -2.36. The lowest BCUT2D eigenvalue weighted by atomic mass is 10.0. The minimum atomic E-state index is -4.64. The van der Waals surface area contributed by atoms with E-state index in [0.29, 0.717) is 11.5 Å². The third kappa shape index (κ3) is 3.28. The molecule has 2 rings (SSSR count). The molecular formula is C12H21N2O8P. The van der Waals surface area contributed by atoms with Gasteiger partial charge in [0.25, 0.3) is 11.8 Å². The molecule has 132 valence electrons. The predicted molar refractivity (Wildman–Crippen MR) is 76.4 cm³/mol. The predicted octanol–water partition coefficient (Wildman–Crippen LogP) is -0.448. The fourth-order valence-corrected chi connectivity index (χ4v) is 3.47. The number of carbonyl (C=O) groups excluding carboxylic acids is 2. The van der Waals surface area contributed by atoms with Gasteiger partial charge in [-0.3, -0.25) is 9.36 Å². The van der Waals surface area contributed by atoms with Crippen LogP contribution in [0.2, 0.25) is 0 Å². The number of amides is 3. The van der Waals surface area contributed by atoms with Crippen LogP contribution in [0.3, 0.4) is 0 Å². The second-order valence-corrected chi connectivity index (χ2v) is 7.64. The first-order valence-corrected chi connectivity index (χ1v) is 8.71. The number of ether oxygens (including phenoxy) is 3. The van der Waals surface area contributed by atoms with E-state index in [2.05, 4.69) is 0 Å². The van der Waals surface area contributed by atoms with Gasteiger partial charge in [-0.2, -0.15) is 0 Å². The van der Waals surface area contributed by atoms with Crippen molar-refractivity contribution in [1.29, 1.82) is 0 Å². The molecular weight excluding hydrogens is 331 g/mol. The van der Waals surface area contributed by atoms with Crippen LogP contribution in [0.1, 0.15) is 13.8 Å². The molecule has 1 atom stereocenters. The molecule has 23 heavy (non-hydrogen) atoms. The van der Waals surface area contributed by atoms with Crippen molar-refractivity contribution in [2.75, 3.05) is 33.5 Å². The van der Waals surface area contributed by atoms with Crippen molar-refractivity contribution in [3.05, 3.63) is 0 Å². The third-order valence-electron chi connectivity index (χ3n) is 4.00. The highest BCUT2D eigenvalue weighted by atomic mass is 31.2. The molecule has 0 saturated carbocycles. The first-order valence-electron chi connectivity index (χ1n) is 6.91. The van der Waals surface area contributed by atoms with Crippen LogP contribution in [0.5, 0.6) is 0 Å². The van der Waals surface area contributed by atoms with Crippen LogP contribution in [0.25, 0.3) is 0 Å². The molecule has 11 heteroatoms. The summed E-state index contributed by atoms with van der Waals surface area (Å²) in [5.41, 5.74) is -1.21. The molecule has 0 radical (unpaired) electrons. The maximum atomic E-state index is 12.7. The number of nitrogens with zero attached hydrogens (tertiary/aromatic N) is 2. The van der Waals surface area contributed by atoms with Gasteiger partial charge in [-0.15, -0.1) is 0 Å². The van der Waals surface area contributed by atoms with E-state index in [-0.39, 0.29) is 12.6 Å². The van der Waals surface area contributed by atoms with Crippen molar-refractivity contribution < 1.29 is 38.2 Å². The van der Waals surface area contributed by atoms with Crippen molar-refractivity contribution in [2.24, 2.45) is 0 Å². The highest BCUT2D eigenvalue weighted by Crippen LogP contribution is 2.44. The van der Waals surface area contributed by atoms with Crippen LogP contribution < -0.4 is 0 Å². The maximum absolute atomic E-state index is 12.7. The van der Waals surface area contributed by atoms with Crippen molar-refractivity contribution in [3.63, 3.8) is 0 Å². The molecule has 2 saturated heterocycles. The van der Waals surface area contributed by atoms with E-state index in [4.69, 9.17) is 14.2 Å². The fourth-order valence-electron chi connectivity index (χ4n) is 2.55. The zero-order chi connectivity index (χ0) is 17.6. The molecule has 0 bridgehead atoms. The van der Waals surface area contributed by atoms with Gasteiger partial charge in [-0.05, 0) is 13.8 Å². The zero-order valence-electron chi connectivity index (χ0n) is 13.4. The lowest BCUT2D eigenvalue weighted by molar-refractivity contribution is -0.257. The Labute approximate surface area is 133 Å². The highest BCUT2D eigenvalue weighted by molar-refractivity contribution is 7.51. The smallest absolute Gasteiger partial charge is 0.333 e. The summed E-state index contributed by atoms with van der Waals surface area (Å²) in [5.74, 6) is -2.84. The molecule has 2 aliphatic heterocycles. The van der Waals surface area contributed by atoms with Gasteiger partial charge in [0, 0.05) is 14.2 Å². The number of epoxide rings is 1. The second-order valence-electron chi connectivity index (χ2n) is 5.99. The number of hydrogen-bond acceptors (Lipinski definition) is 6. The Kier molecular flexibility index (Phi) is 4.62. The molecule has 0 spiro atoms. The minimum absolute atomic E-state index is 0.146. The molecule has 0 aromatic heterocycles. The summed E-state index contributed by atoms with van der Waals surface area (Å²) in [6, 6.07) is -0.743. The Morgan fingerprint density at radius 2 is 1.87 bits per heavy atom.